The van der Waals surface area contributed by atoms with Crippen LogP contribution in [0.5, 0.6) is 0 Å². The summed E-state index contributed by atoms with van der Waals surface area (Å²) in [5.74, 6) is -0.371. The van der Waals surface area contributed by atoms with Crippen LogP contribution in [0.2, 0.25) is 0 Å². The monoisotopic (exact) mass is 772 g/mol. The van der Waals surface area contributed by atoms with E-state index in [1.54, 1.807) is 12.2 Å². The highest BCUT2D eigenvalue weighted by atomic mass is 31.2. The van der Waals surface area contributed by atoms with Gasteiger partial charge in [-0.05, 0) is 50.9 Å². The third-order valence-corrected chi connectivity index (χ3v) is 9.22. The molecule has 0 heterocycles. The molecule has 0 amide bonds. The van der Waals surface area contributed by atoms with Crippen LogP contribution in [-0.2, 0) is 32.7 Å². The number of hydrogen-bond donors (Lipinski definition) is 4. The van der Waals surface area contributed by atoms with Gasteiger partial charge in [0.05, 0.1) is 25.9 Å². The van der Waals surface area contributed by atoms with Gasteiger partial charge in [0.15, 0.2) is 6.10 Å². The van der Waals surface area contributed by atoms with Gasteiger partial charge in [0.1, 0.15) is 12.7 Å². The largest absolute Gasteiger partial charge is 0.472 e. The molecule has 0 aliphatic heterocycles. The van der Waals surface area contributed by atoms with E-state index < -0.39 is 64.5 Å². The zero-order chi connectivity index (χ0) is 39.4. The lowest BCUT2D eigenvalue weighted by Crippen LogP contribution is -2.30. The number of aliphatic hydroxyl groups is 3. The van der Waals surface area contributed by atoms with Crippen molar-refractivity contribution in [2.45, 2.75) is 167 Å². The Morgan fingerprint density at radius 3 is 1.94 bits per heavy atom. The van der Waals surface area contributed by atoms with E-state index in [0.29, 0.717) is 19.3 Å². The Morgan fingerprint density at radius 2 is 1.28 bits per heavy atom. The smallest absolute Gasteiger partial charge is 0.462 e. The number of hydrogen-bond acceptors (Lipinski definition) is 10. The maximum absolute atomic E-state index is 12.6. The van der Waals surface area contributed by atoms with Crippen LogP contribution in [0.3, 0.4) is 0 Å². The molecule has 0 rings (SSSR count). The van der Waals surface area contributed by atoms with E-state index in [1.807, 2.05) is 12.2 Å². The first-order valence-electron chi connectivity index (χ1n) is 20.1. The van der Waals surface area contributed by atoms with Crippen LogP contribution in [0.1, 0.15) is 149 Å². The van der Waals surface area contributed by atoms with E-state index in [-0.39, 0.29) is 12.8 Å². The Labute approximate surface area is 320 Å². The van der Waals surface area contributed by atoms with Gasteiger partial charge in [0.2, 0.25) is 0 Å². The zero-order valence-electron chi connectivity index (χ0n) is 33.0. The standard InChI is InChI=1S/C41H73O11P/c1-4-5-6-7-8-9-10-11-12-15-18-21-24-28-37(43)29-26-31-40(45)49-34-39(35-51-53(47,48)50-33-38(44)32-42)52-41(46)30-25-22-19-16-13-14-17-20-23-27-36(2)3/h8-9,11-12,18,21,24,28,36-39,42-44H,4-7,10,13-17,19-20,22-23,25-27,29-35H2,1-3H3,(H,47,48)/b9-8-,12-11-,21-18-,28-24+/t37-,38+,39-/m1/s1. The van der Waals surface area contributed by atoms with Gasteiger partial charge in [-0.15, -0.1) is 0 Å². The molecule has 0 aromatic carbocycles. The molecule has 53 heavy (non-hydrogen) atoms. The number of esters is 2. The van der Waals surface area contributed by atoms with Crippen molar-refractivity contribution < 1.29 is 52.9 Å². The summed E-state index contributed by atoms with van der Waals surface area (Å²) in [6.07, 6.45) is 31.3. The van der Waals surface area contributed by atoms with Crippen LogP contribution < -0.4 is 0 Å². The summed E-state index contributed by atoms with van der Waals surface area (Å²) >= 11 is 0. The summed E-state index contributed by atoms with van der Waals surface area (Å²) in [5, 5.41) is 28.5. The predicted molar refractivity (Wildman–Crippen MR) is 211 cm³/mol. The average Bonchev–Trinajstić information content (AvgIpc) is 3.12. The van der Waals surface area contributed by atoms with Gasteiger partial charge in [-0.2, -0.15) is 0 Å². The van der Waals surface area contributed by atoms with Crippen molar-refractivity contribution in [3.8, 4) is 0 Å². The molecule has 4 atom stereocenters. The minimum atomic E-state index is -4.66. The Hall–Kier alpha value is -2.11. The molecular weight excluding hydrogens is 699 g/mol. The summed E-state index contributed by atoms with van der Waals surface area (Å²) in [7, 11) is -4.66. The molecule has 0 aliphatic carbocycles. The number of carbonyl (C=O) groups excluding carboxylic acids is 2. The zero-order valence-corrected chi connectivity index (χ0v) is 33.9. The van der Waals surface area contributed by atoms with E-state index >= 15 is 0 Å². The first-order chi connectivity index (χ1) is 25.5. The molecule has 0 fully saturated rings. The van der Waals surface area contributed by atoms with Crippen LogP contribution >= 0.6 is 7.82 Å². The van der Waals surface area contributed by atoms with Gasteiger partial charge in [-0.3, -0.25) is 18.6 Å². The highest BCUT2D eigenvalue weighted by Crippen LogP contribution is 2.43. The van der Waals surface area contributed by atoms with Crippen molar-refractivity contribution in [3.63, 3.8) is 0 Å². The summed E-state index contributed by atoms with van der Waals surface area (Å²) in [6, 6.07) is 0. The second-order valence-electron chi connectivity index (χ2n) is 14.0. The van der Waals surface area contributed by atoms with Crippen LogP contribution in [0.4, 0.5) is 0 Å². The SMILES string of the molecule is CCCCC/C=C\C/C=C\C/C=C\C=C\[C@@H](O)CCCC(=O)OC[C@H](COP(=O)(O)OC[C@@H](O)CO)OC(=O)CCCCCCCCCCCC(C)C. The Morgan fingerprint density at radius 1 is 0.679 bits per heavy atom. The maximum Gasteiger partial charge on any atom is 0.472 e. The summed E-state index contributed by atoms with van der Waals surface area (Å²) in [6.45, 7) is 4.39. The number of phosphoric ester groups is 1. The van der Waals surface area contributed by atoms with E-state index in [2.05, 4.69) is 49.6 Å². The van der Waals surface area contributed by atoms with Crippen LogP contribution in [0.15, 0.2) is 48.6 Å². The van der Waals surface area contributed by atoms with Gasteiger partial charge in [0.25, 0.3) is 0 Å². The van der Waals surface area contributed by atoms with E-state index in [4.69, 9.17) is 19.1 Å². The van der Waals surface area contributed by atoms with Crippen molar-refractivity contribution in [2.24, 2.45) is 5.92 Å². The lowest BCUT2D eigenvalue weighted by molar-refractivity contribution is -0.161. The minimum absolute atomic E-state index is 0.0126. The second-order valence-corrected chi connectivity index (χ2v) is 15.4. The van der Waals surface area contributed by atoms with E-state index in [0.717, 1.165) is 44.4 Å². The minimum Gasteiger partial charge on any atom is -0.462 e. The molecule has 0 saturated heterocycles. The van der Waals surface area contributed by atoms with Crippen molar-refractivity contribution in [2.75, 3.05) is 26.4 Å². The van der Waals surface area contributed by atoms with E-state index in [1.165, 1.54) is 57.8 Å². The number of aliphatic hydroxyl groups excluding tert-OH is 3. The molecule has 0 aromatic heterocycles. The first-order valence-corrected chi connectivity index (χ1v) is 21.6. The molecule has 0 bridgehead atoms. The quantitative estimate of drug-likeness (QED) is 0.0158. The topological polar surface area (TPSA) is 169 Å². The lowest BCUT2D eigenvalue weighted by atomic mass is 10.0. The number of allylic oxidation sites excluding steroid dienone is 7. The van der Waals surface area contributed by atoms with Crippen molar-refractivity contribution >= 4 is 19.8 Å². The Balaban J connectivity index is 4.55. The third-order valence-electron chi connectivity index (χ3n) is 8.27. The lowest BCUT2D eigenvalue weighted by Gasteiger charge is -2.20. The fourth-order valence-electron chi connectivity index (χ4n) is 5.10. The molecule has 0 spiro atoms. The fraction of sp³-hybridized carbons (Fsp3) is 0.756. The van der Waals surface area contributed by atoms with Gasteiger partial charge in [-0.25, -0.2) is 4.57 Å². The predicted octanol–water partition coefficient (Wildman–Crippen LogP) is 8.99. The summed E-state index contributed by atoms with van der Waals surface area (Å²) in [5.41, 5.74) is 0. The highest BCUT2D eigenvalue weighted by molar-refractivity contribution is 7.47. The molecular formula is C41H73O11P. The molecule has 12 heteroatoms. The number of rotatable bonds is 36. The van der Waals surface area contributed by atoms with Crippen molar-refractivity contribution in [3.05, 3.63) is 48.6 Å². The number of unbranched alkanes of at least 4 members (excludes halogenated alkanes) is 11. The van der Waals surface area contributed by atoms with Gasteiger partial charge in [0, 0.05) is 12.8 Å². The first kappa shape index (κ1) is 50.9. The molecule has 0 aromatic rings. The third kappa shape index (κ3) is 36.6. The highest BCUT2D eigenvalue weighted by Gasteiger charge is 2.27. The van der Waals surface area contributed by atoms with Crippen LogP contribution in [-0.4, -0.2) is 76.9 Å². The Kier molecular flexibility index (Phi) is 34.2. The van der Waals surface area contributed by atoms with Gasteiger partial charge < -0.3 is 29.7 Å². The molecule has 1 unspecified atom stereocenters. The Bertz CT molecular complexity index is 1060. The van der Waals surface area contributed by atoms with E-state index in [9.17, 15) is 29.3 Å². The molecule has 0 aliphatic rings. The average molecular weight is 773 g/mol. The van der Waals surface area contributed by atoms with Crippen LogP contribution in [0, 0.1) is 5.92 Å². The molecule has 0 saturated carbocycles. The van der Waals surface area contributed by atoms with Gasteiger partial charge in [-0.1, -0.05) is 140 Å². The summed E-state index contributed by atoms with van der Waals surface area (Å²) in [4.78, 5) is 34.9. The second kappa shape index (κ2) is 35.6. The van der Waals surface area contributed by atoms with Crippen LogP contribution in [0.25, 0.3) is 0 Å². The van der Waals surface area contributed by atoms with Crippen molar-refractivity contribution in [1.82, 2.24) is 0 Å². The molecule has 0 radical (unpaired) electrons. The number of ether oxygens (including phenoxy) is 2. The number of phosphoric acid groups is 1. The molecule has 308 valence electrons. The fourth-order valence-corrected chi connectivity index (χ4v) is 5.89. The van der Waals surface area contributed by atoms with Gasteiger partial charge >= 0.3 is 19.8 Å². The number of carbonyl (C=O) groups is 2. The molecule has 11 nitrogen and oxygen atoms in total. The summed E-state index contributed by atoms with van der Waals surface area (Å²) < 4.78 is 32.5. The normalized spacial score (nSPS) is 15.2. The maximum atomic E-state index is 12.6. The van der Waals surface area contributed by atoms with Crippen molar-refractivity contribution in [1.29, 1.82) is 0 Å². The molecule has 4 N–H and O–H groups in total.